The monoisotopic (exact) mass is 438 g/mol. The maximum atomic E-state index is 5.12. The number of hydrogen-bond donors (Lipinski definition) is 0. The van der Waals surface area contributed by atoms with Gasteiger partial charge in [0.2, 0.25) is 0 Å². The van der Waals surface area contributed by atoms with Crippen LogP contribution < -0.4 is 0 Å². The molecule has 0 aliphatic rings. The molecule has 34 heavy (non-hydrogen) atoms. The molecule has 0 N–H and O–H groups in total. The maximum absolute atomic E-state index is 5.12. The predicted octanol–water partition coefficient (Wildman–Crippen LogP) is 5.92. The topological polar surface area (TPSA) is 0 Å². The van der Waals surface area contributed by atoms with Crippen LogP contribution in [-0.4, -0.2) is 0 Å². The Morgan fingerprint density at radius 1 is 0.500 bits per heavy atom. The summed E-state index contributed by atoms with van der Waals surface area (Å²) in [6.45, 7) is 4.43. The van der Waals surface area contributed by atoms with E-state index in [1.165, 1.54) is 49.7 Å². The van der Waals surface area contributed by atoms with Crippen LogP contribution >= 0.6 is 0 Å². The summed E-state index contributed by atoms with van der Waals surface area (Å²) in [7, 11) is 0. The molecule has 0 heteroatoms. The molecule has 0 fully saturated rings. The van der Waals surface area contributed by atoms with Crippen molar-refractivity contribution >= 4 is 0 Å². The van der Waals surface area contributed by atoms with Crippen molar-refractivity contribution in [2.45, 2.75) is 78.1 Å². The van der Waals surface area contributed by atoms with E-state index in [4.69, 9.17) is 12.8 Å². The average Bonchev–Trinajstić information content (AvgIpc) is 2.85. The van der Waals surface area contributed by atoms with Gasteiger partial charge in [-0.05, 0) is 120 Å². The lowest BCUT2D eigenvalue weighted by molar-refractivity contribution is 0.662. The molecule has 0 radical (unpaired) electrons. The Kier molecular flexibility index (Phi) is 15.8. The van der Waals surface area contributed by atoms with E-state index >= 15 is 0 Å². The molecule has 166 valence electrons. The lowest BCUT2D eigenvalue weighted by Crippen LogP contribution is -1.99. The van der Waals surface area contributed by atoms with Crippen molar-refractivity contribution in [1.82, 2.24) is 0 Å². The van der Waals surface area contributed by atoms with Gasteiger partial charge in [0, 0.05) is 11.1 Å². The number of hydrogen-bond acceptors (Lipinski definition) is 0. The number of terminal acetylenes is 2. The number of aryl methyl sites for hydroxylation is 2. The highest BCUT2D eigenvalue weighted by Crippen LogP contribution is 2.21. The summed E-state index contributed by atoms with van der Waals surface area (Å²) in [5, 5.41) is 0. The van der Waals surface area contributed by atoms with Crippen LogP contribution in [0.2, 0.25) is 0 Å². The molecule has 0 saturated heterocycles. The van der Waals surface area contributed by atoms with Crippen molar-refractivity contribution in [3.05, 3.63) is 34.4 Å². The zero-order chi connectivity index (χ0) is 24.7. The van der Waals surface area contributed by atoms with Crippen LogP contribution in [0.25, 0.3) is 0 Å². The maximum Gasteiger partial charge on any atom is 0.0291 e. The first-order valence-corrected chi connectivity index (χ1v) is 11.9. The third kappa shape index (κ3) is 12.5. The van der Waals surface area contributed by atoms with E-state index in [1.54, 1.807) is 0 Å². The molecule has 1 aromatic rings. The number of unbranched alkanes of at least 4 members (excludes halogenated alkanes) is 6. The number of rotatable bonds is 10. The molecular weight excluding hydrogens is 408 g/mol. The minimum atomic E-state index is 0.957. The van der Waals surface area contributed by atoms with Crippen LogP contribution in [-0.2, 0) is 12.8 Å². The van der Waals surface area contributed by atoms with Gasteiger partial charge in [-0.25, -0.2) is 0 Å². The van der Waals surface area contributed by atoms with Crippen LogP contribution in [0.5, 0.6) is 0 Å². The van der Waals surface area contributed by atoms with Gasteiger partial charge >= 0.3 is 0 Å². The number of benzene rings is 1. The molecule has 0 aliphatic carbocycles. The van der Waals surface area contributed by atoms with Crippen LogP contribution in [0, 0.1) is 95.7 Å². The predicted molar refractivity (Wildman–Crippen MR) is 145 cm³/mol. The summed E-state index contributed by atoms with van der Waals surface area (Å²) in [4.78, 5) is 0. The van der Waals surface area contributed by atoms with Crippen molar-refractivity contribution in [1.29, 1.82) is 0 Å². The Labute approximate surface area is 208 Å². The lowest BCUT2D eigenvalue weighted by atomic mass is 9.92. The van der Waals surface area contributed by atoms with Gasteiger partial charge in [0.1, 0.15) is 0 Å². The van der Waals surface area contributed by atoms with Crippen molar-refractivity contribution in [2.24, 2.45) is 0 Å². The molecule has 1 rings (SSSR count). The Morgan fingerprint density at radius 3 is 1.26 bits per heavy atom. The fraction of sp³-hybridized carbons (Fsp3) is 0.353. The van der Waals surface area contributed by atoms with Gasteiger partial charge in [0.25, 0.3) is 0 Å². The minimum Gasteiger partial charge on any atom is -0.106 e. The van der Waals surface area contributed by atoms with E-state index in [0.29, 0.717) is 0 Å². The van der Waals surface area contributed by atoms with E-state index < -0.39 is 0 Å². The smallest absolute Gasteiger partial charge is 0.0291 e. The van der Waals surface area contributed by atoms with Crippen LogP contribution in [0.4, 0.5) is 0 Å². The first kappa shape index (κ1) is 27.7. The van der Waals surface area contributed by atoms with E-state index in [-0.39, 0.29) is 0 Å². The highest BCUT2D eigenvalue weighted by atomic mass is 14.1. The molecule has 0 heterocycles. The molecule has 1 aromatic carbocycles. The molecule has 0 amide bonds. The van der Waals surface area contributed by atoms with Gasteiger partial charge in [-0.3, -0.25) is 0 Å². The summed E-state index contributed by atoms with van der Waals surface area (Å²) in [6, 6.07) is 4.36. The zero-order valence-corrected chi connectivity index (χ0v) is 20.4. The third-order valence-electron chi connectivity index (χ3n) is 4.97. The molecular formula is C34H30. The summed E-state index contributed by atoms with van der Waals surface area (Å²) in [5.41, 5.74) is 4.42. The second-order valence-electron chi connectivity index (χ2n) is 7.58. The minimum absolute atomic E-state index is 0.957. The molecule has 0 bridgehead atoms. The first-order valence-electron chi connectivity index (χ1n) is 11.9. The van der Waals surface area contributed by atoms with Crippen molar-refractivity contribution in [3.8, 4) is 95.7 Å². The summed E-state index contributed by atoms with van der Waals surface area (Å²) in [6.07, 6.45) is 21.6. The zero-order valence-electron chi connectivity index (χ0n) is 20.4. The van der Waals surface area contributed by atoms with Gasteiger partial charge in [0.05, 0.1) is 0 Å². The normalized spacial score (nSPS) is 8.00. The van der Waals surface area contributed by atoms with Gasteiger partial charge in [-0.1, -0.05) is 64.2 Å². The van der Waals surface area contributed by atoms with Crippen molar-refractivity contribution in [2.75, 3.05) is 0 Å². The van der Waals surface area contributed by atoms with E-state index in [0.717, 1.165) is 36.8 Å². The Hall–Kier alpha value is -4.30. The van der Waals surface area contributed by atoms with E-state index in [1.807, 2.05) is 0 Å². The van der Waals surface area contributed by atoms with Crippen molar-refractivity contribution in [3.63, 3.8) is 0 Å². The average molecular weight is 439 g/mol. The standard InChI is InChI=1S/C34H30/c1-5-9-13-17-19-23-27-33-29-32(26-22-16-12-8-4)34(28-24-20-18-14-10-6-2)30-31(33)25-21-15-11-7-3/h1-2,29-30H,7-8,11-12,15-16,21-22,25-26H2,3-4H3. The van der Waals surface area contributed by atoms with Gasteiger partial charge in [-0.15, -0.1) is 12.8 Å². The Morgan fingerprint density at radius 2 is 0.882 bits per heavy atom. The second kappa shape index (κ2) is 19.4. The second-order valence-corrected chi connectivity index (χ2v) is 7.58. The SMILES string of the molecule is C#CC#CC#CC#Cc1cc(CCCCCC)c(C#CC#CC#CC#C)cc1CCCCCC. The molecule has 0 aromatic heterocycles. The van der Waals surface area contributed by atoms with Crippen LogP contribution in [0.1, 0.15) is 87.5 Å². The van der Waals surface area contributed by atoms with E-state index in [2.05, 4.69) is 109 Å². The summed E-state index contributed by atoms with van der Waals surface area (Å²) in [5.74, 6) is 37.8. The third-order valence-corrected chi connectivity index (χ3v) is 4.97. The van der Waals surface area contributed by atoms with Crippen molar-refractivity contribution < 1.29 is 0 Å². The quantitative estimate of drug-likeness (QED) is 0.314. The van der Waals surface area contributed by atoms with Crippen LogP contribution in [0.15, 0.2) is 12.1 Å². The molecule has 0 aliphatic heterocycles. The van der Waals surface area contributed by atoms with Crippen LogP contribution in [0.3, 0.4) is 0 Å². The summed E-state index contributed by atoms with van der Waals surface area (Å²) >= 11 is 0. The largest absolute Gasteiger partial charge is 0.106 e. The van der Waals surface area contributed by atoms with Gasteiger partial charge in [-0.2, -0.15) is 0 Å². The van der Waals surface area contributed by atoms with Gasteiger partial charge < -0.3 is 0 Å². The molecule has 0 spiro atoms. The first-order chi connectivity index (χ1) is 16.8. The molecule has 0 atom stereocenters. The fourth-order valence-corrected chi connectivity index (χ4v) is 3.28. The summed E-state index contributed by atoms with van der Waals surface area (Å²) < 4.78 is 0. The fourth-order valence-electron chi connectivity index (χ4n) is 3.28. The Balaban J connectivity index is 3.38. The van der Waals surface area contributed by atoms with Gasteiger partial charge in [0.15, 0.2) is 0 Å². The highest BCUT2D eigenvalue weighted by molar-refractivity contribution is 5.55. The Bertz CT molecular complexity index is 1160. The highest BCUT2D eigenvalue weighted by Gasteiger charge is 2.08. The molecule has 0 nitrogen and oxygen atoms in total. The van der Waals surface area contributed by atoms with E-state index in [9.17, 15) is 0 Å². The molecule has 0 saturated carbocycles. The lowest BCUT2D eigenvalue weighted by Gasteiger charge is -2.11. The molecule has 0 unspecified atom stereocenters.